The molecule has 0 atom stereocenters. The number of H-pyrrole nitrogens is 1. The van der Waals surface area contributed by atoms with Gasteiger partial charge in [-0.05, 0) is 42.8 Å². The maximum atomic E-state index is 13.0. The highest BCUT2D eigenvalue weighted by Gasteiger charge is 2.17. The number of benzene rings is 2. The first-order valence-corrected chi connectivity index (χ1v) is 9.73. The van der Waals surface area contributed by atoms with Crippen LogP contribution in [0.15, 0.2) is 47.3 Å². The van der Waals surface area contributed by atoms with Gasteiger partial charge in [-0.1, -0.05) is 23.7 Å². The van der Waals surface area contributed by atoms with Crippen molar-refractivity contribution in [2.24, 2.45) is 0 Å². The van der Waals surface area contributed by atoms with Gasteiger partial charge in [-0.2, -0.15) is 0 Å². The summed E-state index contributed by atoms with van der Waals surface area (Å²) in [5.74, 6) is 1.68. The molecule has 4 aromatic rings. The molecule has 0 aliphatic rings. The van der Waals surface area contributed by atoms with Crippen LogP contribution in [0.2, 0.25) is 5.02 Å². The van der Waals surface area contributed by atoms with Crippen LogP contribution < -0.4 is 15.0 Å². The number of hydrogen-bond acceptors (Lipinski definition) is 5. The van der Waals surface area contributed by atoms with E-state index in [1.807, 2.05) is 37.3 Å². The number of halogens is 1. The Morgan fingerprint density at radius 3 is 2.36 bits per heavy atom. The second kappa shape index (κ2) is 7.30. The molecular formula is C21H17ClN2O3S. The van der Waals surface area contributed by atoms with E-state index in [2.05, 4.69) is 4.98 Å². The molecule has 0 saturated carbocycles. The number of ether oxygens (including phenoxy) is 2. The molecule has 2 heterocycles. The quantitative estimate of drug-likeness (QED) is 0.494. The topological polar surface area (TPSA) is 64.2 Å². The summed E-state index contributed by atoms with van der Waals surface area (Å²) < 4.78 is 10.6. The minimum absolute atomic E-state index is 0.177. The Bertz CT molecular complexity index is 1230. The third-order valence-corrected chi connectivity index (χ3v) is 5.78. The second-order valence-electron chi connectivity index (χ2n) is 6.20. The highest BCUT2D eigenvalue weighted by molar-refractivity contribution is 7.19. The number of nitrogens with one attached hydrogen (secondary N) is 1. The van der Waals surface area contributed by atoms with Crippen molar-refractivity contribution in [1.82, 2.24) is 9.97 Å². The summed E-state index contributed by atoms with van der Waals surface area (Å²) >= 11 is 7.50. The Kier molecular flexibility index (Phi) is 4.83. The zero-order valence-corrected chi connectivity index (χ0v) is 17.1. The molecule has 7 heteroatoms. The van der Waals surface area contributed by atoms with Gasteiger partial charge in [0.05, 0.1) is 19.6 Å². The molecule has 5 nitrogen and oxygen atoms in total. The largest absolute Gasteiger partial charge is 0.493 e. The summed E-state index contributed by atoms with van der Waals surface area (Å²) in [6.45, 7) is 1.99. The van der Waals surface area contributed by atoms with Crippen molar-refractivity contribution in [2.45, 2.75) is 6.92 Å². The van der Waals surface area contributed by atoms with E-state index in [0.717, 1.165) is 21.6 Å². The van der Waals surface area contributed by atoms with E-state index in [0.29, 0.717) is 32.6 Å². The molecule has 28 heavy (non-hydrogen) atoms. The number of fused-ring (bicyclic) bond motifs is 1. The highest BCUT2D eigenvalue weighted by Crippen LogP contribution is 2.37. The maximum Gasteiger partial charge on any atom is 0.260 e. The van der Waals surface area contributed by atoms with Gasteiger partial charge < -0.3 is 14.5 Å². The van der Waals surface area contributed by atoms with Gasteiger partial charge in [0, 0.05) is 21.0 Å². The van der Waals surface area contributed by atoms with Gasteiger partial charge >= 0.3 is 0 Å². The fourth-order valence-electron chi connectivity index (χ4n) is 3.20. The smallest absolute Gasteiger partial charge is 0.260 e. The van der Waals surface area contributed by atoms with Crippen LogP contribution in [0.1, 0.15) is 4.88 Å². The molecule has 4 rings (SSSR count). The normalized spacial score (nSPS) is 11.0. The lowest BCUT2D eigenvalue weighted by molar-refractivity contribution is 0.355. The van der Waals surface area contributed by atoms with Crippen LogP contribution in [0.25, 0.3) is 32.7 Å². The molecule has 2 aromatic carbocycles. The van der Waals surface area contributed by atoms with E-state index in [-0.39, 0.29) is 5.56 Å². The standard InChI is InChI=1S/C21H17ClN2O3S/c1-11-17(12-4-7-14(22)8-5-12)18-20(25)23-19(24-21(18)28-11)13-6-9-15(26-2)16(10-13)27-3/h4-10H,1-3H3,(H,23,24,25). The van der Waals surface area contributed by atoms with Crippen molar-refractivity contribution in [2.75, 3.05) is 14.2 Å². The molecule has 0 saturated heterocycles. The van der Waals surface area contributed by atoms with Crippen LogP contribution >= 0.6 is 22.9 Å². The first-order chi connectivity index (χ1) is 13.5. The molecule has 0 fully saturated rings. The molecule has 0 spiro atoms. The zero-order valence-electron chi connectivity index (χ0n) is 15.5. The van der Waals surface area contributed by atoms with Crippen molar-refractivity contribution in [3.8, 4) is 34.0 Å². The Balaban J connectivity index is 1.89. The average Bonchev–Trinajstić information content (AvgIpc) is 3.04. The van der Waals surface area contributed by atoms with Crippen molar-refractivity contribution in [3.05, 3.63) is 62.7 Å². The predicted molar refractivity (Wildman–Crippen MR) is 114 cm³/mol. The molecule has 0 aliphatic carbocycles. The molecule has 1 N–H and O–H groups in total. The number of aromatic amines is 1. The lowest BCUT2D eigenvalue weighted by Crippen LogP contribution is -2.09. The number of hydrogen-bond donors (Lipinski definition) is 1. The van der Waals surface area contributed by atoms with Crippen LogP contribution in [0.4, 0.5) is 0 Å². The molecule has 2 aromatic heterocycles. The molecule has 142 valence electrons. The number of methoxy groups -OCH3 is 2. The van der Waals surface area contributed by atoms with Crippen LogP contribution in [0.5, 0.6) is 11.5 Å². The molecule has 0 unspecified atom stereocenters. The highest BCUT2D eigenvalue weighted by atomic mass is 35.5. The molecular weight excluding hydrogens is 396 g/mol. The van der Waals surface area contributed by atoms with Crippen molar-refractivity contribution < 1.29 is 9.47 Å². The fourth-order valence-corrected chi connectivity index (χ4v) is 4.38. The van der Waals surface area contributed by atoms with E-state index >= 15 is 0 Å². The first-order valence-electron chi connectivity index (χ1n) is 8.53. The number of nitrogens with zero attached hydrogens (tertiary/aromatic N) is 1. The Labute approximate surface area is 170 Å². The van der Waals surface area contributed by atoms with Gasteiger partial charge in [0.25, 0.3) is 5.56 Å². The van der Waals surface area contributed by atoms with Gasteiger partial charge in [-0.3, -0.25) is 4.79 Å². The third-order valence-electron chi connectivity index (χ3n) is 4.53. The minimum atomic E-state index is -0.177. The van der Waals surface area contributed by atoms with Crippen LogP contribution in [-0.2, 0) is 0 Å². The summed E-state index contributed by atoms with van der Waals surface area (Å²) in [6.07, 6.45) is 0. The molecule has 0 amide bonds. The summed E-state index contributed by atoms with van der Waals surface area (Å²) in [5, 5.41) is 1.25. The third kappa shape index (κ3) is 3.15. The van der Waals surface area contributed by atoms with E-state index in [1.165, 1.54) is 11.3 Å². The number of aromatic nitrogens is 2. The van der Waals surface area contributed by atoms with Crippen LogP contribution in [-0.4, -0.2) is 24.2 Å². The predicted octanol–water partition coefficient (Wildman–Crippen LogP) is 5.30. The fraction of sp³-hybridized carbons (Fsp3) is 0.143. The Morgan fingerprint density at radius 1 is 1.00 bits per heavy atom. The van der Waals surface area contributed by atoms with Crippen molar-refractivity contribution >= 4 is 33.2 Å². The lowest BCUT2D eigenvalue weighted by Gasteiger charge is -2.09. The summed E-state index contributed by atoms with van der Waals surface area (Å²) in [6, 6.07) is 12.9. The zero-order chi connectivity index (χ0) is 19.8. The maximum absolute atomic E-state index is 13.0. The molecule has 0 bridgehead atoms. The molecule has 0 radical (unpaired) electrons. The van der Waals surface area contributed by atoms with Crippen molar-refractivity contribution in [1.29, 1.82) is 0 Å². The van der Waals surface area contributed by atoms with Crippen LogP contribution in [0, 0.1) is 6.92 Å². The monoisotopic (exact) mass is 412 g/mol. The van der Waals surface area contributed by atoms with Gasteiger partial charge in [0.15, 0.2) is 11.5 Å². The van der Waals surface area contributed by atoms with Gasteiger partial charge in [0.1, 0.15) is 10.7 Å². The first kappa shape index (κ1) is 18.5. The van der Waals surface area contributed by atoms with E-state index in [9.17, 15) is 4.79 Å². The Hall–Kier alpha value is -2.83. The van der Waals surface area contributed by atoms with Gasteiger partial charge in [-0.25, -0.2) is 4.98 Å². The molecule has 0 aliphatic heterocycles. The van der Waals surface area contributed by atoms with Gasteiger partial charge in [-0.15, -0.1) is 11.3 Å². The van der Waals surface area contributed by atoms with Crippen molar-refractivity contribution in [3.63, 3.8) is 0 Å². The minimum Gasteiger partial charge on any atom is -0.493 e. The summed E-state index contributed by atoms with van der Waals surface area (Å²) in [5.41, 5.74) is 2.41. The lowest BCUT2D eigenvalue weighted by atomic mass is 10.0. The van der Waals surface area contributed by atoms with Gasteiger partial charge in [0.2, 0.25) is 0 Å². The number of rotatable bonds is 4. The van der Waals surface area contributed by atoms with E-state index < -0.39 is 0 Å². The Morgan fingerprint density at radius 2 is 1.68 bits per heavy atom. The second-order valence-corrected chi connectivity index (χ2v) is 7.84. The summed E-state index contributed by atoms with van der Waals surface area (Å²) in [7, 11) is 3.15. The number of aryl methyl sites for hydroxylation is 1. The van der Waals surface area contributed by atoms with E-state index in [1.54, 1.807) is 26.4 Å². The average molecular weight is 413 g/mol. The van der Waals surface area contributed by atoms with Crippen LogP contribution in [0.3, 0.4) is 0 Å². The van der Waals surface area contributed by atoms with E-state index in [4.69, 9.17) is 26.1 Å². The SMILES string of the molecule is COc1ccc(-c2nc3sc(C)c(-c4ccc(Cl)cc4)c3c(=O)[nH]2)cc1OC. The number of thiophene rings is 1. The summed E-state index contributed by atoms with van der Waals surface area (Å²) in [4.78, 5) is 22.3.